The Morgan fingerprint density at radius 2 is 2.15 bits per heavy atom. The van der Waals surface area contributed by atoms with E-state index in [-0.39, 0.29) is 30.1 Å². The number of unbranched alkanes of at least 4 members (excludes halogenated alkanes) is 1. The predicted molar refractivity (Wildman–Crippen MR) is 100 cm³/mol. The molecule has 3 aliphatic rings. The number of carbonyl (C=O) groups excluding carboxylic acids is 3. The van der Waals surface area contributed by atoms with Gasteiger partial charge in [0.25, 0.3) is 0 Å². The fraction of sp³-hybridized carbons (Fsp3) is 0.650. The molecule has 1 aliphatic carbocycles. The zero-order valence-corrected chi connectivity index (χ0v) is 15.9. The molecule has 148 valence electrons. The minimum absolute atomic E-state index is 0.0267. The third kappa shape index (κ3) is 4.58. The SMILES string of the molecule is C[C@H](CCCCN)COC1=CCC2C(=O)N(C3CCC(=O)NC3=O)CC2=C1. The van der Waals surface area contributed by atoms with Crippen molar-refractivity contribution >= 4 is 17.7 Å². The van der Waals surface area contributed by atoms with Crippen LogP contribution in [0.25, 0.3) is 0 Å². The predicted octanol–water partition coefficient (Wildman–Crippen LogP) is 1.25. The Hall–Kier alpha value is -2.15. The van der Waals surface area contributed by atoms with E-state index >= 15 is 0 Å². The van der Waals surface area contributed by atoms with Crippen molar-refractivity contribution in [2.24, 2.45) is 17.6 Å². The molecular formula is C20H29N3O4. The van der Waals surface area contributed by atoms with Crippen LogP contribution in [0.1, 0.15) is 45.4 Å². The number of carbonyl (C=O) groups is 3. The monoisotopic (exact) mass is 375 g/mol. The molecule has 3 rings (SSSR count). The molecule has 2 saturated heterocycles. The van der Waals surface area contributed by atoms with E-state index in [0.29, 0.717) is 31.9 Å². The molecule has 0 aromatic rings. The number of fused-ring (bicyclic) bond motifs is 1. The van der Waals surface area contributed by atoms with Crippen LogP contribution in [0.2, 0.25) is 0 Å². The van der Waals surface area contributed by atoms with Gasteiger partial charge in [-0.25, -0.2) is 0 Å². The van der Waals surface area contributed by atoms with Gasteiger partial charge in [0.2, 0.25) is 17.7 Å². The lowest BCUT2D eigenvalue weighted by molar-refractivity contribution is -0.144. The average molecular weight is 375 g/mol. The third-order valence-electron chi connectivity index (χ3n) is 5.54. The normalized spacial score (nSPS) is 26.3. The maximum absolute atomic E-state index is 12.7. The second-order valence-electron chi connectivity index (χ2n) is 7.75. The first-order valence-corrected chi connectivity index (χ1v) is 9.87. The molecule has 0 radical (unpaired) electrons. The lowest BCUT2D eigenvalue weighted by atomic mass is 9.93. The Bertz CT molecular complexity index is 670. The number of allylic oxidation sites excluding steroid dienone is 2. The van der Waals surface area contributed by atoms with Crippen molar-refractivity contribution in [2.45, 2.75) is 51.5 Å². The maximum atomic E-state index is 12.7. The number of likely N-dealkylation sites (tertiary alicyclic amines) is 1. The summed E-state index contributed by atoms with van der Waals surface area (Å²) in [5, 5.41) is 2.33. The fourth-order valence-corrected chi connectivity index (χ4v) is 3.92. The number of imide groups is 1. The molecule has 0 aromatic carbocycles. The van der Waals surface area contributed by atoms with Crippen LogP contribution < -0.4 is 11.1 Å². The van der Waals surface area contributed by atoms with Gasteiger partial charge in [0, 0.05) is 13.0 Å². The van der Waals surface area contributed by atoms with Crippen LogP contribution in [0.3, 0.4) is 0 Å². The van der Waals surface area contributed by atoms with Crippen molar-refractivity contribution in [3.63, 3.8) is 0 Å². The van der Waals surface area contributed by atoms with Crippen LogP contribution in [-0.2, 0) is 19.1 Å². The quantitative estimate of drug-likeness (QED) is 0.491. The summed E-state index contributed by atoms with van der Waals surface area (Å²) >= 11 is 0. The van der Waals surface area contributed by atoms with Gasteiger partial charge in [0.05, 0.1) is 12.5 Å². The van der Waals surface area contributed by atoms with Gasteiger partial charge in [0.1, 0.15) is 11.8 Å². The molecule has 0 spiro atoms. The molecule has 3 N–H and O–H groups in total. The summed E-state index contributed by atoms with van der Waals surface area (Å²) in [6.45, 7) is 3.97. The number of piperidine rings is 1. The number of rotatable bonds is 8. The molecule has 7 nitrogen and oxygen atoms in total. The lowest BCUT2D eigenvalue weighted by Crippen LogP contribution is -2.53. The molecule has 27 heavy (non-hydrogen) atoms. The van der Waals surface area contributed by atoms with Crippen molar-refractivity contribution in [3.8, 4) is 0 Å². The van der Waals surface area contributed by atoms with E-state index in [1.54, 1.807) is 4.90 Å². The number of nitrogens with zero attached hydrogens (tertiary/aromatic N) is 1. The van der Waals surface area contributed by atoms with Crippen LogP contribution >= 0.6 is 0 Å². The topological polar surface area (TPSA) is 102 Å². The number of nitrogens with one attached hydrogen (secondary N) is 1. The first kappa shape index (κ1) is 19.6. The second-order valence-corrected chi connectivity index (χ2v) is 7.75. The summed E-state index contributed by atoms with van der Waals surface area (Å²) in [4.78, 5) is 37.8. The number of ether oxygens (including phenoxy) is 1. The van der Waals surface area contributed by atoms with Crippen LogP contribution in [0.15, 0.2) is 23.5 Å². The van der Waals surface area contributed by atoms with Gasteiger partial charge in [-0.3, -0.25) is 19.7 Å². The van der Waals surface area contributed by atoms with Crippen LogP contribution in [0.4, 0.5) is 0 Å². The van der Waals surface area contributed by atoms with Gasteiger partial charge in [-0.05, 0) is 55.9 Å². The highest BCUT2D eigenvalue weighted by molar-refractivity contribution is 6.02. The Morgan fingerprint density at radius 3 is 2.89 bits per heavy atom. The molecular weight excluding hydrogens is 346 g/mol. The lowest BCUT2D eigenvalue weighted by Gasteiger charge is -2.29. The van der Waals surface area contributed by atoms with E-state index in [9.17, 15) is 14.4 Å². The highest BCUT2D eigenvalue weighted by atomic mass is 16.5. The summed E-state index contributed by atoms with van der Waals surface area (Å²) in [5.41, 5.74) is 6.52. The van der Waals surface area contributed by atoms with Crippen LogP contribution in [0, 0.1) is 11.8 Å². The van der Waals surface area contributed by atoms with Crippen molar-refractivity contribution in [3.05, 3.63) is 23.5 Å². The Kier molecular flexibility index (Phi) is 6.31. The highest BCUT2D eigenvalue weighted by Gasteiger charge is 2.43. The molecule has 2 heterocycles. The van der Waals surface area contributed by atoms with E-state index in [2.05, 4.69) is 12.2 Å². The minimum Gasteiger partial charge on any atom is -0.494 e. The summed E-state index contributed by atoms with van der Waals surface area (Å²) in [7, 11) is 0. The van der Waals surface area contributed by atoms with Crippen molar-refractivity contribution in [1.29, 1.82) is 0 Å². The third-order valence-corrected chi connectivity index (χ3v) is 5.54. The first-order valence-electron chi connectivity index (χ1n) is 9.87. The summed E-state index contributed by atoms with van der Waals surface area (Å²) < 4.78 is 5.93. The van der Waals surface area contributed by atoms with Crippen molar-refractivity contribution in [2.75, 3.05) is 19.7 Å². The van der Waals surface area contributed by atoms with Crippen LogP contribution in [0.5, 0.6) is 0 Å². The van der Waals surface area contributed by atoms with E-state index in [4.69, 9.17) is 10.5 Å². The molecule has 2 aliphatic heterocycles. The molecule has 2 unspecified atom stereocenters. The van der Waals surface area contributed by atoms with E-state index < -0.39 is 6.04 Å². The molecule has 3 atom stereocenters. The number of amides is 3. The Morgan fingerprint density at radius 1 is 1.33 bits per heavy atom. The van der Waals surface area contributed by atoms with Gasteiger partial charge in [-0.15, -0.1) is 0 Å². The standard InChI is InChI=1S/C20H29N3O4/c1-13(4-2-3-9-21)12-27-15-5-6-16-14(10-15)11-23(20(16)26)17-7-8-18(24)22-19(17)25/h5,10,13,16-17H,2-4,6-9,11-12,21H2,1H3,(H,22,24,25)/t13-,16?,17?/m1/s1. The van der Waals surface area contributed by atoms with Crippen LogP contribution in [-0.4, -0.2) is 48.4 Å². The minimum atomic E-state index is -0.548. The van der Waals surface area contributed by atoms with Crippen molar-refractivity contribution < 1.29 is 19.1 Å². The molecule has 3 amide bonds. The zero-order valence-electron chi connectivity index (χ0n) is 15.9. The van der Waals surface area contributed by atoms with E-state index in [1.165, 1.54) is 0 Å². The summed E-state index contributed by atoms with van der Waals surface area (Å²) in [6.07, 6.45) is 8.43. The van der Waals surface area contributed by atoms with E-state index in [1.807, 2.05) is 12.2 Å². The molecule has 2 fully saturated rings. The van der Waals surface area contributed by atoms with Gasteiger partial charge < -0.3 is 15.4 Å². The van der Waals surface area contributed by atoms with Gasteiger partial charge >= 0.3 is 0 Å². The first-order chi connectivity index (χ1) is 13.0. The van der Waals surface area contributed by atoms with Gasteiger partial charge in [-0.2, -0.15) is 0 Å². The molecule has 0 bridgehead atoms. The number of nitrogens with two attached hydrogens (primary N) is 1. The average Bonchev–Trinajstić information content (AvgIpc) is 2.96. The number of hydrogen-bond acceptors (Lipinski definition) is 5. The Labute approximate surface area is 160 Å². The van der Waals surface area contributed by atoms with Gasteiger partial charge in [0.15, 0.2) is 0 Å². The molecule has 7 heteroatoms. The molecule has 0 aromatic heterocycles. The van der Waals surface area contributed by atoms with Crippen molar-refractivity contribution in [1.82, 2.24) is 10.2 Å². The zero-order chi connectivity index (χ0) is 19.4. The van der Waals surface area contributed by atoms with E-state index in [0.717, 1.165) is 37.1 Å². The second kappa shape index (κ2) is 8.69. The Balaban J connectivity index is 1.55. The molecule has 0 saturated carbocycles. The summed E-state index contributed by atoms with van der Waals surface area (Å²) in [6, 6.07) is -0.548. The largest absolute Gasteiger partial charge is 0.494 e. The number of hydrogen-bond donors (Lipinski definition) is 2. The maximum Gasteiger partial charge on any atom is 0.249 e. The smallest absolute Gasteiger partial charge is 0.249 e. The van der Waals surface area contributed by atoms with Gasteiger partial charge in [-0.1, -0.05) is 13.3 Å². The summed E-state index contributed by atoms with van der Waals surface area (Å²) in [5.74, 6) is 0.404. The highest BCUT2D eigenvalue weighted by Crippen LogP contribution is 2.35. The fourth-order valence-electron chi connectivity index (χ4n) is 3.92.